The zero-order valence-corrected chi connectivity index (χ0v) is 14.5. The molecule has 130 valence electrons. The summed E-state index contributed by atoms with van der Waals surface area (Å²) in [7, 11) is 0. The summed E-state index contributed by atoms with van der Waals surface area (Å²) < 4.78 is 5.23. The number of hydrogen-bond acceptors (Lipinski definition) is 4. The van der Waals surface area contributed by atoms with Crippen molar-refractivity contribution in [2.75, 3.05) is 13.2 Å². The number of carbonyl (C=O) groups excluding carboxylic acids is 1. The van der Waals surface area contributed by atoms with E-state index in [1.165, 1.54) is 0 Å². The van der Waals surface area contributed by atoms with Crippen LogP contribution in [-0.2, 0) is 4.74 Å². The average molecular weight is 330 g/mol. The van der Waals surface area contributed by atoms with E-state index in [0.29, 0.717) is 13.0 Å². The molecule has 1 heterocycles. The van der Waals surface area contributed by atoms with Crippen molar-refractivity contribution in [3.05, 3.63) is 53.6 Å². The molecule has 1 atom stereocenters. The summed E-state index contributed by atoms with van der Waals surface area (Å²) in [5.74, 6) is 0. The number of hydrogen-bond donors (Lipinski definition) is 3. The first-order chi connectivity index (χ1) is 11.4. The van der Waals surface area contributed by atoms with Gasteiger partial charge in [-0.3, -0.25) is 0 Å². The molecule has 2 rings (SSSR count). The predicted molar refractivity (Wildman–Crippen MR) is 95.4 cm³/mol. The lowest BCUT2D eigenvalue weighted by atomic mass is 10.0. The third kappa shape index (κ3) is 5.74. The van der Waals surface area contributed by atoms with Crippen LogP contribution in [0, 0.1) is 0 Å². The van der Waals surface area contributed by atoms with Crippen LogP contribution in [-0.4, -0.2) is 36.0 Å². The van der Waals surface area contributed by atoms with E-state index in [0.717, 1.165) is 16.8 Å². The quantitative estimate of drug-likeness (QED) is 0.776. The average Bonchev–Trinajstić information content (AvgIpc) is 2.54. The third-order valence-electron chi connectivity index (χ3n) is 3.53. The molecule has 0 fully saturated rings. The molecule has 0 radical (unpaired) electrons. The Labute approximate surface area is 143 Å². The Morgan fingerprint density at radius 2 is 2.00 bits per heavy atom. The SMILES string of the molecule is CC(C)(C)OC(=O)NC(CO)CC1=CC=C(c2ccccc2)NC1. The number of amides is 1. The Kier molecular flexibility index (Phi) is 6.04. The van der Waals surface area contributed by atoms with Gasteiger partial charge in [-0.05, 0) is 44.4 Å². The number of aliphatic hydroxyl groups excluding tert-OH is 1. The van der Waals surface area contributed by atoms with Crippen LogP contribution in [0.5, 0.6) is 0 Å². The number of ether oxygens (including phenoxy) is 1. The highest BCUT2D eigenvalue weighted by Crippen LogP contribution is 2.18. The lowest BCUT2D eigenvalue weighted by Gasteiger charge is -2.24. The maximum absolute atomic E-state index is 11.8. The van der Waals surface area contributed by atoms with E-state index in [1.54, 1.807) is 0 Å². The van der Waals surface area contributed by atoms with Crippen molar-refractivity contribution in [3.8, 4) is 0 Å². The van der Waals surface area contributed by atoms with Gasteiger partial charge in [0.2, 0.25) is 0 Å². The van der Waals surface area contributed by atoms with E-state index in [1.807, 2.05) is 51.1 Å². The van der Waals surface area contributed by atoms with Gasteiger partial charge in [-0.1, -0.05) is 36.4 Å². The first-order valence-electron chi connectivity index (χ1n) is 8.17. The number of alkyl carbamates (subject to hydrolysis) is 1. The summed E-state index contributed by atoms with van der Waals surface area (Å²) in [6.07, 6.45) is 4.13. The normalized spacial score (nSPS) is 15.7. The van der Waals surface area contributed by atoms with Gasteiger partial charge in [-0.15, -0.1) is 0 Å². The second-order valence-corrected chi connectivity index (χ2v) is 6.85. The Morgan fingerprint density at radius 1 is 1.29 bits per heavy atom. The van der Waals surface area contributed by atoms with Crippen molar-refractivity contribution in [1.29, 1.82) is 0 Å². The molecule has 1 aromatic rings. The molecule has 1 aliphatic rings. The Bertz CT molecular complexity index is 615. The van der Waals surface area contributed by atoms with E-state index in [2.05, 4.69) is 22.8 Å². The number of nitrogens with one attached hydrogen (secondary N) is 2. The van der Waals surface area contributed by atoms with Crippen molar-refractivity contribution in [2.24, 2.45) is 0 Å². The van der Waals surface area contributed by atoms with Gasteiger partial charge in [0, 0.05) is 12.2 Å². The maximum atomic E-state index is 11.8. The molecule has 0 spiro atoms. The van der Waals surface area contributed by atoms with Gasteiger partial charge >= 0.3 is 6.09 Å². The minimum Gasteiger partial charge on any atom is -0.444 e. The number of aliphatic hydroxyl groups is 1. The summed E-state index contributed by atoms with van der Waals surface area (Å²) in [6, 6.07) is 9.74. The number of allylic oxidation sites excluding steroid dienone is 2. The van der Waals surface area contributed by atoms with E-state index >= 15 is 0 Å². The smallest absolute Gasteiger partial charge is 0.407 e. The van der Waals surface area contributed by atoms with Crippen LogP contribution < -0.4 is 10.6 Å². The van der Waals surface area contributed by atoms with Crippen molar-refractivity contribution >= 4 is 11.8 Å². The second-order valence-electron chi connectivity index (χ2n) is 6.85. The number of benzene rings is 1. The van der Waals surface area contributed by atoms with Crippen molar-refractivity contribution < 1.29 is 14.6 Å². The summed E-state index contributed by atoms with van der Waals surface area (Å²) in [5, 5.41) is 15.6. The number of carbonyl (C=O) groups is 1. The largest absolute Gasteiger partial charge is 0.444 e. The summed E-state index contributed by atoms with van der Waals surface area (Å²) in [5.41, 5.74) is 2.77. The van der Waals surface area contributed by atoms with Crippen molar-refractivity contribution in [2.45, 2.75) is 38.8 Å². The van der Waals surface area contributed by atoms with Crippen molar-refractivity contribution in [3.63, 3.8) is 0 Å². The summed E-state index contributed by atoms with van der Waals surface area (Å²) in [6.45, 7) is 5.98. The lowest BCUT2D eigenvalue weighted by molar-refractivity contribution is 0.0482. The van der Waals surface area contributed by atoms with Crippen LogP contribution in [0.15, 0.2) is 48.1 Å². The van der Waals surface area contributed by atoms with Gasteiger partial charge in [-0.2, -0.15) is 0 Å². The molecule has 1 amide bonds. The molecule has 0 aromatic heterocycles. The molecule has 24 heavy (non-hydrogen) atoms. The van der Waals surface area contributed by atoms with Crippen LogP contribution in [0.3, 0.4) is 0 Å². The van der Waals surface area contributed by atoms with Gasteiger partial charge < -0.3 is 20.5 Å². The lowest BCUT2D eigenvalue weighted by Crippen LogP contribution is -2.41. The van der Waals surface area contributed by atoms with Gasteiger partial charge in [0.25, 0.3) is 0 Å². The predicted octanol–water partition coefficient (Wildman–Crippen LogP) is 2.83. The third-order valence-corrected chi connectivity index (χ3v) is 3.53. The van der Waals surface area contributed by atoms with E-state index in [4.69, 9.17) is 4.74 Å². The zero-order chi connectivity index (χ0) is 17.6. The maximum Gasteiger partial charge on any atom is 0.407 e. The Morgan fingerprint density at radius 3 is 2.54 bits per heavy atom. The molecule has 0 saturated carbocycles. The van der Waals surface area contributed by atoms with Gasteiger partial charge in [0.1, 0.15) is 5.60 Å². The van der Waals surface area contributed by atoms with Crippen molar-refractivity contribution in [1.82, 2.24) is 10.6 Å². The molecular weight excluding hydrogens is 304 g/mol. The van der Waals surface area contributed by atoms with Gasteiger partial charge in [0.15, 0.2) is 0 Å². The minimum absolute atomic E-state index is 0.133. The summed E-state index contributed by atoms with van der Waals surface area (Å²) >= 11 is 0. The molecule has 5 nitrogen and oxygen atoms in total. The van der Waals surface area contributed by atoms with E-state index in [9.17, 15) is 9.90 Å². The van der Waals surface area contributed by atoms with Gasteiger partial charge in [-0.25, -0.2) is 4.79 Å². The fourth-order valence-electron chi connectivity index (χ4n) is 2.44. The van der Waals surface area contributed by atoms with E-state index in [-0.39, 0.29) is 12.6 Å². The standard InChI is InChI=1S/C19H26N2O3/c1-19(2,3)24-18(23)21-16(13-22)11-14-9-10-17(20-12-14)15-7-5-4-6-8-15/h4-10,16,20,22H,11-13H2,1-3H3,(H,21,23). The molecule has 1 aromatic carbocycles. The zero-order valence-electron chi connectivity index (χ0n) is 14.5. The van der Waals surface area contributed by atoms with Crippen LogP contribution in [0.4, 0.5) is 4.79 Å². The molecule has 0 saturated heterocycles. The van der Waals surface area contributed by atoms with Crippen LogP contribution in [0.1, 0.15) is 32.8 Å². The first kappa shape index (κ1) is 18.1. The second kappa shape index (κ2) is 8.02. The number of rotatable bonds is 5. The molecular formula is C19H26N2O3. The molecule has 3 N–H and O–H groups in total. The minimum atomic E-state index is -0.553. The van der Waals surface area contributed by atoms with Crippen LogP contribution in [0.25, 0.3) is 5.70 Å². The highest BCUT2D eigenvalue weighted by Gasteiger charge is 2.20. The molecule has 1 unspecified atom stereocenters. The first-order valence-corrected chi connectivity index (χ1v) is 8.17. The molecule has 0 aliphatic carbocycles. The van der Waals surface area contributed by atoms with Crippen LogP contribution in [0.2, 0.25) is 0 Å². The Hall–Kier alpha value is -2.27. The molecule has 5 heteroatoms. The fourth-order valence-corrected chi connectivity index (χ4v) is 2.44. The van der Waals surface area contributed by atoms with Crippen LogP contribution >= 0.6 is 0 Å². The Balaban J connectivity index is 1.93. The topological polar surface area (TPSA) is 70.6 Å². The molecule has 0 bridgehead atoms. The monoisotopic (exact) mass is 330 g/mol. The summed E-state index contributed by atoms with van der Waals surface area (Å²) in [4.78, 5) is 11.8. The molecule has 1 aliphatic heterocycles. The fraction of sp³-hybridized carbons (Fsp3) is 0.421. The van der Waals surface area contributed by atoms with Gasteiger partial charge in [0.05, 0.1) is 12.6 Å². The van der Waals surface area contributed by atoms with E-state index < -0.39 is 11.7 Å². The highest BCUT2D eigenvalue weighted by atomic mass is 16.6. The number of dihydropyridines is 1. The highest BCUT2D eigenvalue weighted by molar-refractivity contribution is 5.68.